The maximum atomic E-state index is 14.1. The summed E-state index contributed by atoms with van der Waals surface area (Å²) in [4.78, 5) is 35.8. The van der Waals surface area contributed by atoms with E-state index in [2.05, 4.69) is 20.4 Å². The average molecular weight is 507 g/mol. The van der Waals surface area contributed by atoms with Gasteiger partial charge in [0.2, 0.25) is 0 Å². The van der Waals surface area contributed by atoms with Crippen LogP contribution >= 0.6 is 0 Å². The molecule has 4 fully saturated rings. The van der Waals surface area contributed by atoms with Crippen molar-refractivity contribution in [3.05, 3.63) is 34.6 Å². The van der Waals surface area contributed by atoms with Crippen LogP contribution in [0.15, 0.2) is 29.1 Å². The quantitative estimate of drug-likeness (QED) is 0.528. The molecule has 7 heteroatoms. The number of hydrogen-bond donors (Lipinski definition) is 0. The lowest BCUT2D eigenvalue weighted by Crippen LogP contribution is -2.50. The monoisotopic (exact) mass is 506 g/mol. The van der Waals surface area contributed by atoms with Crippen LogP contribution in [0.1, 0.15) is 89.5 Å². The molecular weight excluding hydrogens is 464 g/mol. The Morgan fingerprint density at radius 3 is 2.35 bits per heavy atom. The van der Waals surface area contributed by atoms with Gasteiger partial charge in [-0.15, -0.1) is 0 Å². The lowest BCUT2D eigenvalue weighted by molar-refractivity contribution is -0.141. The molecule has 0 amide bonds. The molecule has 6 rings (SSSR count). The van der Waals surface area contributed by atoms with Crippen molar-refractivity contribution in [3.8, 4) is 0 Å². The number of fused-ring (bicyclic) bond motifs is 3. The van der Waals surface area contributed by atoms with E-state index in [0.717, 1.165) is 42.9 Å². The van der Waals surface area contributed by atoms with Crippen molar-refractivity contribution in [2.75, 3.05) is 25.1 Å². The lowest BCUT2D eigenvalue weighted by atomic mass is 9.89. The predicted molar refractivity (Wildman–Crippen MR) is 146 cm³/mol. The van der Waals surface area contributed by atoms with Crippen molar-refractivity contribution in [3.63, 3.8) is 0 Å². The van der Waals surface area contributed by atoms with Gasteiger partial charge in [-0.25, -0.2) is 4.98 Å². The Morgan fingerprint density at radius 2 is 1.62 bits per heavy atom. The molecule has 4 heterocycles. The van der Waals surface area contributed by atoms with Crippen LogP contribution < -0.4 is 10.5 Å². The van der Waals surface area contributed by atoms with E-state index in [4.69, 9.17) is 9.72 Å². The zero-order valence-electron chi connectivity index (χ0n) is 22.3. The van der Waals surface area contributed by atoms with Crippen LogP contribution in [-0.2, 0) is 9.53 Å². The van der Waals surface area contributed by atoms with E-state index >= 15 is 0 Å². The van der Waals surface area contributed by atoms with Crippen molar-refractivity contribution in [2.24, 2.45) is 5.92 Å². The number of anilines is 1. The number of carbonyl (C=O) groups excluding carboxylic acids is 1. The summed E-state index contributed by atoms with van der Waals surface area (Å²) in [7, 11) is 1.44. The largest absolute Gasteiger partial charge is 0.469 e. The van der Waals surface area contributed by atoms with Gasteiger partial charge in [-0.3, -0.25) is 14.5 Å². The molecule has 7 nitrogen and oxygen atoms in total. The fourth-order valence-corrected chi connectivity index (χ4v) is 7.95. The lowest BCUT2D eigenvalue weighted by Gasteiger charge is -2.45. The number of ether oxygens (including phenoxy) is 1. The van der Waals surface area contributed by atoms with E-state index in [0.29, 0.717) is 30.9 Å². The summed E-state index contributed by atoms with van der Waals surface area (Å²) in [6.45, 7) is 1.44. The summed E-state index contributed by atoms with van der Waals surface area (Å²) in [6, 6.07) is 10.3. The number of methoxy groups -OCH3 is 1. The molecule has 4 aliphatic rings. The van der Waals surface area contributed by atoms with Crippen LogP contribution in [0, 0.1) is 5.92 Å². The minimum Gasteiger partial charge on any atom is -0.469 e. The van der Waals surface area contributed by atoms with Gasteiger partial charge in [0.05, 0.1) is 24.6 Å². The van der Waals surface area contributed by atoms with Crippen LogP contribution in [0.4, 0.5) is 5.82 Å². The average Bonchev–Trinajstić information content (AvgIpc) is 3.44. The van der Waals surface area contributed by atoms with Gasteiger partial charge >= 0.3 is 5.97 Å². The summed E-state index contributed by atoms with van der Waals surface area (Å²) in [5.74, 6) is 0.583. The summed E-state index contributed by atoms with van der Waals surface area (Å²) in [6.07, 6.45) is 15.6. The van der Waals surface area contributed by atoms with Gasteiger partial charge in [-0.05, 0) is 63.0 Å². The number of carbonyl (C=O) groups is 1. The molecule has 200 valence electrons. The highest BCUT2D eigenvalue weighted by atomic mass is 16.5. The molecular formula is C30H42N4O3. The van der Waals surface area contributed by atoms with Crippen molar-refractivity contribution >= 4 is 22.8 Å². The maximum absolute atomic E-state index is 14.1. The second-order valence-corrected chi connectivity index (χ2v) is 11.9. The Kier molecular flexibility index (Phi) is 7.24. The molecule has 3 aliphatic heterocycles. The first kappa shape index (κ1) is 24.9. The third-order valence-corrected chi connectivity index (χ3v) is 9.67. The fourth-order valence-electron chi connectivity index (χ4n) is 7.95. The molecule has 0 spiro atoms. The van der Waals surface area contributed by atoms with Gasteiger partial charge in [0.25, 0.3) is 5.56 Å². The molecule has 3 saturated heterocycles. The van der Waals surface area contributed by atoms with Crippen LogP contribution in [0.5, 0.6) is 0 Å². The first-order chi connectivity index (χ1) is 18.1. The molecule has 0 radical (unpaired) electrons. The molecule has 1 aliphatic carbocycles. The zero-order chi connectivity index (χ0) is 25.4. The van der Waals surface area contributed by atoms with E-state index in [9.17, 15) is 9.59 Å². The van der Waals surface area contributed by atoms with Gasteiger partial charge in [0, 0.05) is 37.3 Å². The fraction of sp³-hybridized carbons (Fsp3) is 0.700. The number of piperidine rings is 1. The van der Waals surface area contributed by atoms with Crippen molar-refractivity contribution in [1.29, 1.82) is 0 Å². The van der Waals surface area contributed by atoms with Crippen molar-refractivity contribution in [2.45, 2.75) is 108 Å². The SMILES string of the molecule is COC(=O)CC1CCN(c2nc3ccccc3n([C@H]3C[C@H]4CC[C@@H](C3)N4C3CCCCCCC3)c2=O)C1. The minimum absolute atomic E-state index is 0.0428. The van der Waals surface area contributed by atoms with Crippen LogP contribution in [0.2, 0.25) is 0 Å². The minimum atomic E-state index is -0.178. The molecule has 37 heavy (non-hydrogen) atoms. The molecule has 1 unspecified atom stereocenters. The van der Waals surface area contributed by atoms with Gasteiger partial charge in [0.15, 0.2) is 5.82 Å². The highest BCUT2D eigenvalue weighted by Crippen LogP contribution is 2.44. The van der Waals surface area contributed by atoms with Gasteiger partial charge < -0.3 is 14.2 Å². The number of rotatable bonds is 5. The topological polar surface area (TPSA) is 67.7 Å². The Hall–Kier alpha value is -2.41. The first-order valence-electron chi connectivity index (χ1n) is 14.7. The third-order valence-electron chi connectivity index (χ3n) is 9.67. The summed E-state index contributed by atoms with van der Waals surface area (Å²) < 4.78 is 6.98. The van der Waals surface area contributed by atoms with Gasteiger partial charge in [-0.1, -0.05) is 44.2 Å². The third kappa shape index (κ3) is 4.91. The number of nitrogens with zero attached hydrogens (tertiary/aromatic N) is 4. The predicted octanol–water partition coefficient (Wildman–Crippen LogP) is 5.07. The standard InChI is InChI=1S/C30H42N4O3/c1-37-28(35)17-21-15-16-32(20-21)29-30(36)34(27-12-8-7-11-26(27)31-29)25-18-23-13-14-24(19-25)33(23)22-9-5-3-2-4-6-10-22/h7-8,11-12,21-25H,2-6,9-10,13-20H2,1H3/t21?,23-,24+,25+. The molecule has 0 N–H and O–H groups in total. The summed E-state index contributed by atoms with van der Waals surface area (Å²) >= 11 is 0. The second-order valence-electron chi connectivity index (χ2n) is 11.9. The Bertz CT molecular complexity index is 1160. The highest BCUT2D eigenvalue weighted by molar-refractivity contribution is 5.76. The van der Waals surface area contributed by atoms with Crippen LogP contribution in [0.25, 0.3) is 11.0 Å². The Labute approximate surface area is 220 Å². The van der Waals surface area contributed by atoms with Gasteiger partial charge in [0.1, 0.15) is 0 Å². The first-order valence-corrected chi connectivity index (χ1v) is 14.7. The van der Waals surface area contributed by atoms with Gasteiger partial charge in [-0.2, -0.15) is 0 Å². The molecule has 2 bridgehead atoms. The van der Waals surface area contributed by atoms with E-state index in [1.165, 1.54) is 64.9 Å². The van der Waals surface area contributed by atoms with Crippen LogP contribution in [-0.4, -0.2) is 58.7 Å². The van der Waals surface area contributed by atoms with E-state index < -0.39 is 0 Å². The zero-order valence-corrected chi connectivity index (χ0v) is 22.3. The molecule has 1 aromatic heterocycles. The maximum Gasteiger partial charge on any atom is 0.305 e. The molecule has 1 saturated carbocycles. The van der Waals surface area contributed by atoms with Crippen molar-refractivity contribution < 1.29 is 9.53 Å². The smallest absolute Gasteiger partial charge is 0.305 e. The number of esters is 1. The van der Waals surface area contributed by atoms with E-state index in [1.54, 1.807) is 0 Å². The Morgan fingerprint density at radius 1 is 0.919 bits per heavy atom. The number of aromatic nitrogens is 2. The molecule has 1 aromatic carbocycles. The second kappa shape index (κ2) is 10.8. The highest BCUT2D eigenvalue weighted by Gasteiger charge is 2.44. The van der Waals surface area contributed by atoms with E-state index in [1.807, 2.05) is 18.2 Å². The molecule has 4 atom stereocenters. The molecule has 2 aromatic rings. The summed E-state index contributed by atoms with van der Waals surface area (Å²) in [5.41, 5.74) is 1.90. The number of hydrogen-bond acceptors (Lipinski definition) is 6. The normalized spacial score (nSPS) is 29.4. The number of para-hydroxylation sites is 2. The number of benzene rings is 1. The van der Waals surface area contributed by atoms with Crippen LogP contribution in [0.3, 0.4) is 0 Å². The Balaban J connectivity index is 1.28. The summed E-state index contributed by atoms with van der Waals surface area (Å²) in [5, 5.41) is 0. The van der Waals surface area contributed by atoms with Crippen molar-refractivity contribution in [1.82, 2.24) is 14.5 Å². The van der Waals surface area contributed by atoms with E-state index in [-0.39, 0.29) is 23.5 Å².